The Morgan fingerprint density at radius 3 is 2.57 bits per heavy atom. The van der Waals surface area contributed by atoms with Crippen molar-refractivity contribution in [2.45, 2.75) is 58.6 Å². The molecule has 6 nitrogen and oxygen atoms in total. The molecule has 0 saturated carbocycles. The second-order valence-electron chi connectivity index (χ2n) is 8.57. The van der Waals surface area contributed by atoms with E-state index in [1.807, 2.05) is 75.1 Å². The van der Waals surface area contributed by atoms with E-state index >= 15 is 0 Å². The minimum absolute atomic E-state index is 0.00668. The van der Waals surface area contributed by atoms with Gasteiger partial charge in [0.15, 0.2) is 0 Å². The standard InChI is InChI=1S/C24H31N3O3/c1-5-16-27(23(29)30-24(2,3)4)21-19(13-9-15-25-21)20-14-10-17-26(20)22(28)18-11-7-6-8-12-18/h6-9,11-13,15,20H,5,10,14,16-17H2,1-4H3. The average molecular weight is 410 g/mol. The van der Waals surface area contributed by atoms with Crippen LogP contribution in [-0.4, -0.2) is 40.6 Å². The van der Waals surface area contributed by atoms with Crippen LogP contribution in [0.3, 0.4) is 0 Å². The lowest BCUT2D eigenvalue weighted by Gasteiger charge is -2.31. The third kappa shape index (κ3) is 4.99. The fourth-order valence-electron chi connectivity index (χ4n) is 3.80. The predicted octanol–water partition coefficient (Wildman–Crippen LogP) is 5.21. The van der Waals surface area contributed by atoms with Crippen LogP contribution in [-0.2, 0) is 4.74 Å². The molecule has 1 aromatic heterocycles. The summed E-state index contributed by atoms with van der Waals surface area (Å²) < 4.78 is 5.63. The molecule has 0 bridgehead atoms. The van der Waals surface area contributed by atoms with Gasteiger partial charge in [0.05, 0.1) is 6.04 Å². The van der Waals surface area contributed by atoms with Crippen LogP contribution in [0.15, 0.2) is 48.7 Å². The van der Waals surface area contributed by atoms with E-state index in [0.29, 0.717) is 24.5 Å². The van der Waals surface area contributed by atoms with Gasteiger partial charge in [0.1, 0.15) is 11.4 Å². The second-order valence-corrected chi connectivity index (χ2v) is 8.57. The molecule has 1 atom stereocenters. The molecule has 1 saturated heterocycles. The lowest BCUT2D eigenvalue weighted by molar-refractivity contribution is 0.0578. The van der Waals surface area contributed by atoms with E-state index in [9.17, 15) is 9.59 Å². The van der Waals surface area contributed by atoms with E-state index in [2.05, 4.69) is 4.98 Å². The van der Waals surface area contributed by atoms with Crippen molar-refractivity contribution in [3.63, 3.8) is 0 Å². The highest BCUT2D eigenvalue weighted by atomic mass is 16.6. The molecule has 0 spiro atoms. The molecule has 1 unspecified atom stereocenters. The number of hydrogen-bond donors (Lipinski definition) is 0. The quantitative estimate of drug-likeness (QED) is 0.680. The van der Waals surface area contributed by atoms with Crippen molar-refractivity contribution in [1.82, 2.24) is 9.88 Å². The van der Waals surface area contributed by atoms with Gasteiger partial charge in [0.25, 0.3) is 5.91 Å². The van der Waals surface area contributed by atoms with Gasteiger partial charge in [0.2, 0.25) is 0 Å². The third-order valence-corrected chi connectivity index (χ3v) is 5.03. The number of hydrogen-bond acceptors (Lipinski definition) is 4. The number of likely N-dealkylation sites (tertiary alicyclic amines) is 1. The summed E-state index contributed by atoms with van der Waals surface area (Å²) in [5.41, 5.74) is 0.965. The minimum atomic E-state index is -0.597. The Morgan fingerprint density at radius 1 is 1.17 bits per heavy atom. The van der Waals surface area contributed by atoms with Crippen LogP contribution in [0.2, 0.25) is 0 Å². The monoisotopic (exact) mass is 409 g/mol. The molecule has 2 aromatic rings. The van der Waals surface area contributed by atoms with Crippen molar-refractivity contribution in [3.05, 3.63) is 59.8 Å². The van der Waals surface area contributed by atoms with Crippen LogP contribution in [0, 0.1) is 0 Å². The van der Waals surface area contributed by atoms with Crippen LogP contribution in [0.1, 0.15) is 68.9 Å². The number of benzene rings is 1. The summed E-state index contributed by atoms with van der Waals surface area (Å²) in [7, 11) is 0. The fraction of sp³-hybridized carbons (Fsp3) is 0.458. The Kier molecular flexibility index (Phi) is 6.75. The number of aromatic nitrogens is 1. The maximum Gasteiger partial charge on any atom is 0.416 e. The number of carbonyl (C=O) groups is 2. The summed E-state index contributed by atoms with van der Waals surface area (Å²) in [5, 5.41) is 0. The van der Waals surface area contributed by atoms with Gasteiger partial charge in [0, 0.05) is 30.4 Å². The molecule has 0 aliphatic carbocycles. The first kappa shape index (κ1) is 21.8. The summed E-state index contributed by atoms with van der Waals surface area (Å²) in [4.78, 5) is 34.1. The smallest absolute Gasteiger partial charge is 0.416 e. The van der Waals surface area contributed by atoms with E-state index in [1.165, 1.54) is 0 Å². The van der Waals surface area contributed by atoms with Crippen LogP contribution in [0.5, 0.6) is 0 Å². The summed E-state index contributed by atoms with van der Waals surface area (Å²) >= 11 is 0. The molecule has 2 amide bonds. The first-order chi connectivity index (χ1) is 14.3. The zero-order valence-corrected chi connectivity index (χ0v) is 18.3. The third-order valence-electron chi connectivity index (χ3n) is 5.03. The first-order valence-corrected chi connectivity index (χ1v) is 10.6. The van der Waals surface area contributed by atoms with Crippen molar-refractivity contribution < 1.29 is 14.3 Å². The molecule has 1 aliphatic heterocycles. The van der Waals surface area contributed by atoms with Gasteiger partial charge in [-0.3, -0.25) is 9.69 Å². The highest BCUT2D eigenvalue weighted by Crippen LogP contribution is 2.37. The molecule has 2 heterocycles. The van der Waals surface area contributed by atoms with E-state index < -0.39 is 11.7 Å². The number of ether oxygens (including phenoxy) is 1. The molecule has 3 rings (SSSR count). The molecule has 6 heteroatoms. The van der Waals surface area contributed by atoms with Crippen molar-refractivity contribution in [3.8, 4) is 0 Å². The van der Waals surface area contributed by atoms with Gasteiger partial charge in [-0.05, 0) is 58.2 Å². The lowest BCUT2D eigenvalue weighted by Crippen LogP contribution is -2.39. The number of rotatable bonds is 5. The maximum absolute atomic E-state index is 13.2. The second kappa shape index (κ2) is 9.28. The van der Waals surface area contributed by atoms with E-state index in [4.69, 9.17) is 4.74 Å². The van der Waals surface area contributed by atoms with Gasteiger partial charge < -0.3 is 9.64 Å². The summed E-state index contributed by atoms with van der Waals surface area (Å²) in [5.74, 6) is 0.582. The maximum atomic E-state index is 13.2. The molecular weight excluding hydrogens is 378 g/mol. The number of nitrogens with zero attached hydrogens (tertiary/aromatic N) is 3. The molecular formula is C24H31N3O3. The van der Waals surface area contributed by atoms with Crippen LogP contribution in [0.4, 0.5) is 10.6 Å². The minimum Gasteiger partial charge on any atom is -0.443 e. The van der Waals surface area contributed by atoms with Crippen molar-refractivity contribution in [1.29, 1.82) is 0 Å². The van der Waals surface area contributed by atoms with Crippen molar-refractivity contribution in [2.24, 2.45) is 0 Å². The Bertz CT molecular complexity index is 877. The van der Waals surface area contributed by atoms with Gasteiger partial charge in [-0.15, -0.1) is 0 Å². The zero-order chi connectivity index (χ0) is 21.7. The molecule has 0 N–H and O–H groups in total. The van der Waals surface area contributed by atoms with Crippen LogP contribution < -0.4 is 4.90 Å². The number of anilines is 1. The molecule has 0 radical (unpaired) electrons. The topological polar surface area (TPSA) is 62.7 Å². The van der Waals surface area contributed by atoms with Gasteiger partial charge >= 0.3 is 6.09 Å². The van der Waals surface area contributed by atoms with Gasteiger partial charge in [-0.2, -0.15) is 0 Å². The van der Waals surface area contributed by atoms with Gasteiger partial charge in [-0.1, -0.05) is 31.2 Å². The van der Waals surface area contributed by atoms with Gasteiger partial charge in [-0.25, -0.2) is 9.78 Å². The lowest BCUT2D eigenvalue weighted by atomic mass is 10.0. The van der Waals surface area contributed by atoms with E-state index in [1.54, 1.807) is 11.1 Å². The van der Waals surface area contributed by atoms with Crippen LogP contribution in [0.25, 0.3) is 0 Å². The summed E-state index contributed by atoms with van der Waals surface area (Å²) in [6, 6.07) is 13.0. The molecule has 1 aliphatic rings. The Morgan fingerprint density at radius 2 is 1.90 bits per heavy atom. The fourth-order valence-corrected chi connectivity index (χ4v) is 3.80. The van der Waals surface area contributed by atoms with E-state index in [-0.39, 0.29) is 11.9 Å². The summed E-state index contributed by atoms with van der Waals surface area (Å²) in [6.07, 6.45) is 3.79. The zero-order valence-electron chi connectivity index (χ0n) is 18.3. The highest BCUT2D eigenvalue weighted by Gasteiger charge is 2.35. The molecule has 160 valence electrons. The van der Waals surface area contributed by atoms with E-state index in [0.717, 1.165) is 24.8 Å². The largest absolute Gasteiger partial charge is 0.443 e. The van der Waals surface area contributed by atoms with Crippen LogP contribution >= 0.6 is 0 Å². The number of pyridine rings is 1. The molecule has 1 fully saturated rings. The Balaban J connectivity index is 1.94. The predicted molar refractivity (Wildman–Crippen MR) is 118 cm³/mol. The molecule has 30 heavy (non-hydrogen) atoms. The number of amides is 2. The average Bonchev–Trinajstić information content (AvgIpc) is 3.20. The Hall–Kier alpha value is -2.89. The van der Waals surface area contributed by atoms with Crippen molar-refractivity contribution >= 4 is 17.8 Å². The van der Waals surface area contributed by atoms with Crippen molar-refractivity contribution in [2.75, 3.05) is 18.0 Å². The number of carbonyl (C=O) groups excluding carboxylic acids is 2. The normalized spacial score (nSPS) is 16.4. The highest BCUT2D eigenvalue weighted by molar-refractivity contribution is 5.95. The SMILES string of the molecule is CCCN(C(=O)OC(C)(C)C)c1ncccc1C1CCCN1C(=O)c1ccccc1. The summed E-state index contributed by atoms with van der Waals surface area (Å²) in [6.45, 7) is 8.76. The molecule has 1 aromatic carbocycles. The first-order valence-electron chi connectivity index (χ1n) is 10.6. The Labute approximate surface area is 178 Å².